The Hall–Kier alpha value is -0.870. The van der Waals surface area contributed by atoms with Crippen molar-refractivity contribution in [1.82, 2.24) is 14.5 Å². The smallest absolute Gasteiger partial charge is 0.109 e. The van der Waals surface area contributed by atoms with E-state index in [0.717, 1.165) is 19.5 Å². The molecule has 1 aromatic heterocycles. The third-order valence-electron chi connectivity index (χ3n) is 4.13. The van der Waals surface area contributed by atoms with Gasteiger partial charge in [0.1, 0.15) is 5.82 Å². The zero-order chi connectivity index (χ0) is 12.3. The second kappa shape index (κ2) is 5.19. The summed E-state index contributed by atoms with van der Waals surface area (Å²) in [5.41, 5.74) is 6.20. The van der Waals surface area contributed by atoms with Gasteiger partial charge in [0.05, 0.1) is 0 Å². The molecule has 1 fully saturated rings. The van der Waals surface area contributed by atoms with Gasteiger partial charge in [0.15, 0.2) is 0 Å². The van der Waals surface area contributed by atoms with Crippen LogP contribution >= 0.6 is 0 Å². The summed E-state index contributed by atoms with van der Waals surface area (Å²) >= 11 is 0. The van der Waals surface area contributed by atoms with Gasteiger partial charge in [-0.1, -0.05) is 6.92 Å². The van der Waals surface area contributed by atoms with E-state index < -0.39 is 0 Å². The van der Waals surface area contributed by atoms with Crippen LogP contribution in [0.25, 0.3) is 0 Å². The molecule has 1 aromatic rings. The Labute approximate surface area is 104 Å². The Morgan fingerprint density at radius 3 is 2.65 bits per heavy atom. The summed E-state index contributed by atoms with van der Waals surface area (Å²) in [6, 6.07) is 0. The number of rotatable bonds is 4. The minimum atomic E-state index is 0.375. The topological polar surface area (TPSA) is 47.1 Å². The van der Waals surface area contributed by atoms with Crippen molar-refractivity contribution in [1.29, 1.82) is 0 Å². The molecule has 0 bridgehead atoms. The summed E-state index contributed by atoms with van der Waals surface area (Å²) in [6.07, 6.45) is 7.38. The van der Waals surface area contributed by atoms with Gasteiger partial charge in [-0.15, -0.1) is 0 Å². The number of piperidine rings is 1. The summed E-state index contributed by atoms with van der Waals surface area (Å²) < 4.78 is 2.11. The lowest BCUT2D eigenvalue weighted by Crippen LogP contribution is -2.42. The molecule has 4 heteroatoms. The predicted octanol–water partition coefficient (Wildman–Crippen LogP) is 1.02. The van der Waals surface area contributed by atoms with Gasteiger partial charge in [0.25, 0.3) is 0 Å². The number of likely N-dealkylation sites (tertiary alicyclic amines) is 1. The summed E-state index contributed by atoms with van der Waals surface area (Å²) in [5, 5.41) is 0. The first-order chi connectivity index (χ1) is 8.13. The van der Waals surface area contributed by atoms with E-state index in [1.807, 2.05) is 12.4 Å². The van der Waals surface area contributed by atoms with E-state index >= 15 is 0 Å². The minimum Gasteiger partial charge on any atom is -0.338 e. The fraction of sp³-hybridized carbons (Fsp3) is 0.769. The average molecular weight is 236 g/mol. The third-order valence-corrected chi connectivity index (χ3v) is 4.13. The monoisotopic (exact) mass is 236 g/mol. The minimum absolute atomic E-state index is 0.375. The zero-order valence-electron chi connectivity index (χ0n) is 11.0. The highest BCUT2D eigenvalue weighted by molar-refractivity contribution is 4.92. The summed E-state index contributed by atoms with van der Waals surface area (Å²) in [7, 11) is 2.06. The van der Waals surface area contributed by atoms with E-state index in [2.05, 4.69) is 28.4 Å². The van der Waals surface area contributed by atoms with Crippen LogP contribution in [-0.2, 0) is 13.5 Å². The van der Waals surface area contributed by atoms with Crippen molar-refractivity contribution in [3.8, 4) is 0 Å². The van der Waals surface area contributed by atoms with Crippen LogP contribution in [0.2, 0.25) is 0 Å². The highest BCUT2D eigenvalue weighted by atomic mass is 15.1. The van der Waals surface area contributed by atoms with Crippen molar-refractivity contribution in [3.63, 3.8) is 0 Å². The van der Waals surface area contributed by atoms with Crippen molar-refractivity contribution in [2.24, 2.45) is 18.2 Å². The summed E-state index contributed by atoms with van der Waals surface area (Å²) in [5.74, 6) is 1.18. The first kappa shape index (κ1) is 12.6. The van der Waals surface area contributed by atoms with Crippen LogP contribution in [0.3, 0.4) is 0 Å². The van der Waals surface area contributed by atoms with Crippen LogP contribution in [-0.4, -0.2) is 40.6 Å². The molecular weight excluding hydrogens is 212 g/mol. The standard InChI is InChI=1S/C13H24N4/c1-13(11-14)4-8-17(9-5-13)7-3-12-15-6-10-16(12)2/h6,10H,3-5,7-9,11,14H2,1-2H3. The molecule has 1 saturated heterocycles. The van der Waals surface area contributed by atoms with Gasteiger partial charge >= 0.3 is 0 Å². The Kier molecular flexibility index (Phi) is 3.84. The first-order valence-corrected chi connectivity index (χ1v) is 6.52. The fourth-order valence-corrected chi connectivity index (χ4v) is 2.42. The number of aryl methyl sites for hydroxylation is 1. The first-order valence-electron chi connectivity index (χ1n) is 6.52. The highest BCUT2D eigenvalue weighted by Gasteiger charge is 2.28. The molecule has 96 valence electrons. The Balaban J connectivity index is 1.77. The molecule has 0 spiro atoms. The number of nitrogens with two attached hydrogens (primary N) is 1. The fourth-order valence-electron chi connectivity index (χ4n) is 2.42. The molecule has 17 heavy (non-hydrogen) atoms. The van der Waals surface area contributed by atoms with Crippen LogP contribution in [0.5, 0.6) is 0 Å². The molecule has 0 saturated carbocycles. The van der Waals surface area contributed by atoms with Crippen molar-refractivity contribution in [3.05, 3.63) is 18.2 Å². The van der Waals surface area contributed by atoms with Crippen LogP contribution in [0, 0.1) is 5.41 Å². The molecule has 2 rings (SSSR count). The van der Waals surface area contributed by atoms with Crippen molar-refractivity contribution >= 4 is 0 Å². The second-order valence-corrected chi connectivity index (χ2v) is 5.56. The van der Waals surface area contributed by atoms with E-state index in [9.17, 15) is 0 Å². The second-order valence-electron chi connectivity index (χ2n) is 5.56. The number of hydrogen-bond acceptors (Lipinski definition) is 3. The maximum Gasteiger partial charge on any atom is 0.109 e. The number of hydrogen-bond donors (Lipinski definition) is 1. The van der Waals surface area contributed by atoms with Gasteiger partial charge < -0.3 is 15.2 Å². The number of nitrogens with zero attached hydrogens (tertiary/aromatic N) is 3. The molecule has 2 heterocycles. The molecule has 1 aliphatic heterocycles. The van der Waals surface area contributed by atoms with Crippen LogP contribution in [0.15, 0.2) is 12.4 Å². The molecule has 0 atom stereocenters. The van der Waals surface area contributed by atoms with Gasteiger partial charge in [0, 0.05) is 32.4 Å². The zero-order valence-corrected chi connectivity index (χ0v) is 11.0. The van der Waals surface area contributed by atoms with E-state index in [1.54, 1.807) is 0 Å². The molecule has 2 N–H and O–H groups in total. The SMILES string of the molecule is Cn1ccnc1CCN1CCC(C)(CN)CC1. The van der Waals surface area contributed by atoms with Gasteiger partial charge in [-0.3, -0.25) is 0 Å². The van der Waals surface area contributed by atoms with E-state index in [-0.39, 0.29) is 0 Å². The molecule has 4 nitrogen and oxygen atoms in total. The molecule has 0 unspecified atom stereocenters. The van der Waals surface area contributed by atoms with Crippen LogP contribution in [0.1, 0.15) is 25.6 Å². The Morgan fingerprint density at radius 2 is 2.12 bits per heavy atom. The molecule has 1 aliphatic rings. The van der Waals surface area contributed by atoms with Gasteiger partial charge in [-0.05, 0) is 37.9 Å². The van der Waals surface area contributed by atoms with Gasteiger partial charge in [-0.25, -0.2) is 4.98 Å². The van der Waals surface area contributed by atoms with E-state index in [1.165, 1.54) is 31.8 Å². The third kappa shape index (κ3) is 3.07. The number of aromatic nitrogens is 2. The largest absolute Gasteiger partial charge is 0.338 e. The van der Waals surface area contributed by atoms with Crippen molar-refractivity contribution in [2.75, 3.05) is 26.2 Å². The molecule has 0 amide bonds. The van der Waals surface area contributed by atoms with Crippen LogP contribution < -0.4 is 5.73 Å². The lowest BCUT2D eigenvalue weighted by atomic mass is 9.80. The summed E-state index contributed by atoms with van der Waals surface area (Å²) in [6.45, 7) is 6.60. The quantitative estimate of drug-likeness (QED) is 0.849. The highest BCUT2D eigenvalue weighted by Crippen LogP contribution is 2.29. The Bertz CT molecular complexity index is 350. The predicted molar refractivity (Wildman–Crippen MR) is 69.7 cm³/mol. The normalized spacial score (nSPS) is 20.6. The molecule has 0 aromatic carbocycles. The van der Waals surface area contributed by atoms with Crippen molar-refractivity contribution < 1.29 is 0 Å². The van der Waals surface area contributed by atoms with E-state index in [4.69, 9.17) is 5.73 Å². The summed E-state index contributed by atoms with van der Waals surface area (Å²) in [4.78, 5) is 6.90. The van der Waals surface area contributed by atoms with Crippen molar-refractivity contribution in [2.45, 2.75) is 26.2 Å². The molecular formula is C13H24N4. The lowest BCUT2D eigenvalue weighted by Gasteiger charge is -2.38. The van der Waals surface area contributed by atoms with E-state index in [0.29, 0.717) is 5.41 Å². The van der Waals surface area contributed by atoms with Crippen LogP contribution in [0.4, 0.5) is 0 Å². The average Bonchev–Trinajstić information content (AvgIpc) is 2.74. The molecule has 0 aliphatic carbocycles. The Morgan fingerprint density at radius 1 is 1.41 bits per heavy atom. The maximum absolute atomic E-state index is 5.82. The molecule has 0 radical (unpaired) electrons. The van der Waals surface area contributed by atoms with Gasteiger partial charge in [-0.2, -0.15) is 0 Å². The maximum atomic E-state index is 5.82. The number of imidazole rings is 1. The van der Waals surface area contributed by atoms with Gasteiger partial charge in [0.2, 0.25) is 0 Å². The lowest BCUT2D eigenvalue weighted by molar-refractivity contribution is 0.125.